The van der Waals surface area contributed by atoms with Crippen LogP contribution in [0.1, 0.15) is 5.69 Å². The predicted molar refractivity (Wildman–Crippen MR) is 37.4 cm³/mol. The SMILES string of the molecule is c1nc2c(s1)NNCC2. The summed E-state index contributed by atoms with van der Waals surface area (Å²) in [7, 11) is 0. The molecule has 1 aromatic heterocycles. The van der Waals surface area contributed by atoms with Gasteiger partial charge in [0, 0.05) is 13.0 Å². The second-order valence-corrected chi connectivity index (χ2v) is 2.78. The van der Waals surface area contributed by atoms with Crippen LogP contribution in [0.3, 0.4) is 0 Å². The first-order valence-electron chi connectivity index (χ1n) is 2.88. The number of aromatic nitrogens is 1. The Kier molecular flexibility index (Phi) is 1.13. The number of rotatable bonds is 0. The smallest absolute Gasteiger partial charge is 0.126 e. The van der Waals surface area contributed by atoms with Crippen LogP contribution in [0.25, 0.3) is 0 Å². The monoisotopic (exact) mass is 141 g/mol. The minimum absolute atomic E-state index is 0.983. The fourth-order valence-corrected chi connectivity index (χ4v) is 1.58. The van der Waals surface area contributed by atoms with Crippen LogP contribution in [0.5, 0.6) is 0 Å². The van der Waals surface area contributed by atoms with Gasteiger partial charge >= 0.3 is 0 Å². The lowest BCUT2D eigenvalue weighted by Gasteiger charge is -2.12. The Balaban J connectivity index is 2.39. The summed E-state index contributed by atoms with van der Waals surface area (Å²) < 4.78 is 0. The molecule has 2 heterocycles. The van der Waals surface area contributed by atoms with Gasteiger partial charge in [-0.15, -0.1) is 11.3 Å². The van der Waals surface area contributed by atoms with E-state index in [2.05, 4.69) is 15.8 Å². The summed E-state index contributed by atoms with van der Waals surface area (Å²) in [6, 6.07) is 0. The molecule has 4 heteroatoms. The normalized spacial score (nSPS) is 16.4. The molecule has 0 radical (unpaired) electrons. The van der Waals surface area contributed by atoms with Crippen LogP contribution < -0.4 is 10.9 Å². The first-order chi connectivity index (χ1) is 4.47. The first kappa shape index (κ1) is 5.20. The predicted octanol–water partition coefficient (Wildman–Crippen LogP) is 0.616. The zero-order valence-electron chi connectivity index (χ0n) is 4.85. The summed E-state index contributed by atoms with van der Waals surface area (Å²) in [5, 5.41) is 1.17. The minimum atomic E-state index is 0.983. The molecule has 9 heavy (non-hydrogen) atoms. The molecule has 1 aromatic rings. The van der Waals surface area contributed by atoms with Gasteiger partial charge < -0.3 is 5.43 Å². The highest BCUT2D eigenvalue weighted by atomic mass is 32.1. The molecule has 0 aromatic carbocycles. The van der Waals surface area contributed by atoms with E-state index in [0.29, 0.717) is 0 Å². The molecule has 0 bridgehead atoms. The van der Waals surface area contributed by atoms with E-state index in [1.807, 2.05) is 5.51 Å². The van der Waals surface area contributed by atoms with Gasteiger partial charge in [0.25, 0.3) is 0 Å². The van der Waals surface area contributed by atoms with Crippen molar-refractivity contribution >= 4 is 16.3 Å². The molecule has 0 aliphatic carbocycles. The number of hydrazine groups is 1. The Bertz CT molecular complexity index is 187. The van der Waals surface area contributed by atoms with Gasteiger partial charge in [0.2, 0.25) is 0 Å². The third kappa shape index (κ3) is 0.799. The zero-order valence-corrected chi connectivity index (χ0v) is 5.66. The number of hydrogen-bond donors (Lipinski definition) is 2. The van der Waals surface area contributed by atoms with Crippen molar-refractivity contribution in [1.29, 1.82) is 0 Å². The average Bonchev–Trinajstić information content (AvgIpc) is 2.33. The molecule has 2 rings (SSSR count). The lowest BCUT2D eigenvalue weighted by atomic mass is 10.3. The second-order valence-electron chi connectivity index (χ2n) is 1.93. The number of nitrogens with zero attached hydrogens (tertiary/aromatic N) is 1. The Hall–Kier alpha value is -0.610. The summed E-state index contributed by atoms with van der Waals surface area (Å²) in [4.78, 5) is 4.17. The van der Waals surface area contributed by atoms with E-state index >= 15 is 0 Å². The molecule has 0 atom stereocenters. The average molecular weight is 141 g/mol. The molecule has 0 amide bonds. The third-order valence-corrected chi connectivity index (χ3v) is 2.11. The van der Waals surface area contributed by atoms with E-state index in [1.165, 1.54) is 10.7 Å². The number of nitrogens with one attached hydrogen (secondary N) is 2. The quantitative estimate of drug-likeness (QED) is 0.556. The van der Waals surface area contributed by atoms with Crippen molar-refractivity contribution in [3.8, 4) is 0 Å². The van der Waals surface area contributed by atoms with Crippen LogP contribution in [-0.4, -0.2) is 11.5 Å². The minimum Gasteiger partial charge on any atom is -0.311 e. The highest BCUT2D eigenvalue weighted by molar-refractivity contribution is 7.14. The third-order valence-electron chi connectivity index (χ3n) is 1.33. The number of anilines is 1. The fraction of sp³-hybridized carbons (Fsp3) is 0.400. The van der Waals surface area contributed by atoms with Crippen molar-refractivity contribution in [2.24, 2.45) is 0 Å². The summed E-state index contributed by atoms with van der Waals surface area (Å²) >= 11 is 1.64. The highest BCUT2D eigenvalue weighted by Gasteiger charge is 2.08. The molecule has 48 valence electrons. The molecule has 0 fully saturated rings. The van der Waals surface area contributed by atoms with Gasteiger partial charge in [-0.25, -0.2) is 10.4 Å². The van der Waals surface area contributed by atoms with Crippen molar-refractivity contribution in [1.82, 2.24) is 10.4 Å². The molecule has 1 aliphatic rings. The molecular weight excluding hydrogens is 134 g/mol. The molecule has 0 saturated heterocycles. The maximum Gasteiger partial charge on any atom is 0.126 e. The lowest BCUT2D eigenvalue weighted by Crippen LogP contribution is -2.28. The Morgan fingerprint density at radius 3 is 3.56 bits per heavy atom. The van der Waals surface area contributed by atoms with Crippen LogP contribution in [0.4, 0.5) is 5.00 Å². The van der Waals surface area contributed by atoms with Crippen LogP contribution in [0.2, 0.25) is 0 Å². The molecule has 3 nitrogen and oxygen atoms in total. The highest BCUT2D eigenvalue weighted by Crippen LogP contribution is 2.20. The molecule has 0 spiro atoms. The first-order valence-corrected chi connectivity index (χ1v) is 3.76. The maximum atomic E-state index is 4.17. The molecule has 0 unspecified atom stereocenters. The van der Waals surface area contributed by atoms with Crippen LogP contribution in [0.15, 0.2) is 5.51 Å². The second kappa shape index (κ2) is 1.97. The number of fused-ring (bicyclic) bond motifs is 1. The summed E-state index contributed by atoms with van der Waals surface area (Å²) in [6.07, 6.45) is 1.05. The van der Waals surface area contributed by atoms with Gasteiger partial charge in [0.15, 0.2) is 0 Å². The van der Waals surface area contributed by atoms with E-state index in [-0.39, 0.29) is 0 Å². The molecular formula is C5H7N3S. The fourth-order valence-electron chi connectivity index (χ4n) is 0.873. The molecule has 2 N–H and O–H groups in total. The van der Waals surface area contributed by atoms with Crippen molar-refractivity contribution < 1.29 is 0 Å². The van der Waals surface area contributed by atoms with E-state index in [4.69, 9.17) is 0 Å². The Morgan fingerprint density at radius 2 is 2.67 bits per heavy atom. The number of thiazole rings is 1. The lowest BCUT2D eigenvalue weighted by molar-refractivity contribution is 0.739. The Labute approximate surface area is 57.1 Å². The van der Waals surface area contributed by atoms with E-state index in [9.17, 15) is 0 Å². The summed E-state index contributed by atoms with van der Waals surface area (Å²) in [5.74, 6) is 0. The largest absolute Gasteiger partial charge is 0.311 e. The number of hydrogen-bond acceptors (Lipinski definition) is 4. The van der Waals surface area contributed by atoms with E-state index in [1.54, 1.807) is 11.3 Å². The van der Waals surface area contributed by atoms with E-state index < -0.39 is 0 Å². The van der Waals surface area contributed by atoms with Gasteiger partial charge in [-0.1, -0.05) is 0 Å². The zero-order chi connectivity index (χ0) is 6.10. The molecule has 1 aliphatic heterocycles. The summed E-state index contributed by atoms with van der Waals surface area (Å²) in [6.45, 7) is 0.983. The summed E-state index contributed by atoms with van der Waals surface area (Å²) in [5.41, 5.74) is 9.16. The van der Waals surface area contributed by atoms with Gasteiger partial charge in [-0.05, 0) is 0 Å². The van der Waals surface area contributed by atoms with Crippen molar-refractivity contribution in [2.45, 2.75) is 6.42 Å². The van der Waals surface area contributed by atoms with Crippen LogP contribution in [0, 0.1) is 0 Å². The van der Waals surface area contributed by atoms with Crippen LogP contribution in [-0.2, 0) is 6.42 Å². The standard InChI is InChI=1S/C5H7N3S/c1-2-7-8-5-4(1)6-3-9-5/h3,7-8H,1-2H2. The van der Waals surface area contributed by atoms with Gasteiger partial charge in [0.1, 0.15) is 5.00 Å². The maximum absolute atomic E-state index is 4.17. The van der Waals surface area contributed by atoms with Crippen molar-refractivity contribution in [2.75, 3.05) is 12.0 Å². The van der Waals surface area contributed by atoms with Gasteiger partial charge in [0.05, 0.1) is 11.2 Å². The molecule has 0 saturated carbocycles. The van der Waals surface area contributed by atoms with Crippen molar-refractivity contribution in [3.05, 3.63) is 11.2 Å². The van der Waals surface area contributed by atoms with E-state index in [0.717, 1.165) is 13.0 Å². The van der Waals surface area contributed by atoms with Gasteiger partial charge in [-0.3, -0.25) is 0 Å². The van der Waals surface area contributed by atoms with Gasteiger partial charge in [-0.2, -0.15) is 0 Å². The Morgan fingerprint density at radius 1 is 1.67 bits per heavy atom. The van der Waals surface area contributed by atoms with Crippen molar-refractivity contribution in [3.63, 3.8) is 0 Å². The topological polar surface area (TPSA) is 37.0 Å². The van der Waals surface area contributed by atoms with Crippen LogP contribution >= 0.6 is 11.3 Å².